The van der Waals surface area contributed by atoms with Crippen molar-refractivity contribution in [1.29, 1.82) is 0 Å². The van der Waals surface area contributed by atoms with E-state index in [0.717, 1.165) is 59.0 Å². The van der Waals surface area contributed by atoms with Crippen molar-refractivity contribution < 1.29 is 32.8 Å². The Morgan fingerprint density at radius 2 is 1.65 bits per heavy atom. The van der Waals surface area contributed by atoms with Crippen LogP contribution in [0.4, 0.5) is 20.2 Å². The molecule has 4 N–H and O–H groups in total. The summed E-state index contributed by atoms with van der Waals surface area (Å²) in [5.41, 5.74) is 8.89. The fourth-order valence-corrected chi connectivity index (χ4v) is 12.4. The van der Waals surface area contributed by atoms with Crippen molar-refractivity contribution in [2.45, 2.75) is 128 Å². The summed E-state index contributed by atoms with van der Waals surface area (Å²) < 4.78 is 29.1. The van der Waals surface area contributed by atoms with Crippen LogP contribution in [0.5, 0.6) is 0 Å². The van der Waals surface area contributed by atoms with Gasteiger partial charge in [0.05, 0.1) is 58.4 Å². The number of benzene rings is 2. The number of H-pyrrole nitrogens is 1. The maximum absolute atomic E-state index is 14.2. The molecule has 5 unspecified atom stereocenters. The molecule has 2 aromatic carbocycles. The van der Waals surface area contributed by atoms with E-state index in [-0.39, 0.29) is 60.0 Å². The molecule has 17 nitrogen and oxygen atoms in total. The number of nitrogens with one attached hydrogen (secondary N) is 4. The van der Waals surface area contributed by atoms with Gasteiger partial charge in [-0.15, -0.1) is 11.3 Å². The second-order valence-electron chi connectivity index (χ2n) is 22.9. The van der Waals surface area contributed by atoms with E-state index >= 15 is 0 Å². The number of aldehydes is 1. The Balaban J connectivity index is 0.000000444. The Morgan fingerprint density at radius 1 is 0.927 bits per heavy atom. The van der Waals surface area contributed by atoms with Crippen LogP contribution in [-0.2, 0) is 27.2 Å². The van der Waals surface area contributed by atoms with Gasteiger partial charge in [-0.2, -0.15) is 10.2 Å². The first-order valence-electron chi connectivity index (χ1n) is 28.4. The van der Waals surface area contributed by atoms with Crippen LogP contribution >= 0.6 is 11.3 Å². The summed E-state index contributed by atoms with van der Waals surface area (Å²) in [6, 6.07) is 20.4. The van der Waals surface area contributed by atoms with Gasteiger partial charge in [0, 0.05) is 75.5 Å². The summed E-state index contributed by atoms with van der Waals surface area (Å²) in [7, 11) is 1.89. The van der Waals surface area contributed by atoms with Gasteiger partial charge in [-0.25, -0.2) is 18.7 Å². The monoisotopic (exact) mass is 1250 g/mol. The number of aromatic nitrogens is 6. The van der Waals surface area contributed by atoms with Gasteiger partial charge in [0.25, 0.3) is 11.8 Å². The van der Waals surface area contributed by atoms with Crippen molar-refractivity contribution >= 4 is 75.6 Å². The van der Waals surface area contributed by atoms with E-state index in [1.165, 1.54) is 5.56 Å². The number of likely N-dealkylation sites (tertiary alicyclic amines) is 2. The molecule has 4 aliphatic rings. The van der Waals surface area contributed by atoms with Crippen molar-refractivity contribution in [3.63, 3.8) is 0 Å². The normalized spacial score (nSPS) is 19.0. The molecular weight excluding hydrogens is 1170 g/mol. The third-order valence-electron chi connectivity index (χ3n) is 16.5. The zero-order chi connectivity index (χ0) is 58.9. The van der Waals surface area contributed by atoms with Crippen molar-refractivity contribution in [2.24, 2.45) is 23.2 Å². The molecule has 0 spiro atoms. The van der Waals surface area contributed by atoms with Crippen LogP contribution in [0, 0.1) is 30.1 Å². The molecule has 0 saturated carbocycles. The number of aromatic amines is 1. The number of rotatable bonds is 16. The third kappa shape index (κ3) is 14.3. The molecule has 82 heavy (non-hydrogen) atoms. The van der Waals surface area contributed by atoms with E-state index in [1.54, 1.807) is 58.4 Å². The number of pyridine rings is 1. The number of piperidine rings is 1. The number of carbonyl (C=O) groups is 5. The molecular formula is C61H77F2N12O5SSb. The molecule has 5 atom stereocenters. The van der Waals surface area contributed by atoms with Gasteiger partial charge in [-0.1, -0.05) is 82.3 Å². The number of aryl methyl sites for hydroxylation is 1. The summed E-state index contributed by atoms with van der Waals surface area (Å²) >= 11 is 3.35. The number of carbonyl (C=O) groups excluding carboxylic acids is 5. The number of hydrogen-bond donors (Lipinski definition) is 4. The Labute approximate surface area is 497 Å². The molecule has 21 heteroatoms. The van der Waals surface area contributed by atoms with Crippen LogP contribution in [0.1, 0.15) is 134 Å². The molecule has 3 saturated heterocycles. The van der Waals surface area contributed by atoms with Gasteiger partial charge >= 0.3 is 27.9 Å². The standard InChI is InChI=1S/C50H62N10O4S.C10H12F2N2O.CH3.Sb/c1-32(35-14-16-37(17-15-35)45-33(2)53-31-65-45)55-48(63)42-13-10-22-59(42)49(64)46(50(3,4)5)56-47(62)41-19-18-40(27-52-41)57-23-20-34(21-24-57)25-43(61)58-28-38(29-58)44(36-11-8-7-9-12-36)60-30-39(51-6)26-54-60;1-2-6-3-7-8(4-10(6,11)12)13-14-9(7)5-15;;/h7-9,11-12,14-19,26-27,30-32,34,38,42,44,46,51H,10,13,20-25,28-29H2,1-6H3,(H,55,63)(H,56,62);5-6H,2-4H2,1H3,(H,13,14);1H3;. The topological polar surface area (TPSA) is 203 Å². The number of fused-ring (bicyclic) bond motifs is 1. The zero-order valence-corrected chi connectivity index (χ0v) is 51.6. The molecule has 2 radical (unpaired) electrons. The van der Waals surface area contributed by atoms with E-state index in [0.29, 0.717) is 68.8 Å². The summed E-state index contributed by atoms with van der Waals surface area (Å²) in [6.45, 7) is 14.9. The minimum atomic E-state index is -2.69. The summed E-state index contributed by atoms with van der Waals surface area (Å²) in [5, 5.41) is 20.2. The molecule has 4 aromatic heterocycles. The second kappa shape index (κ2) is 27.2. The van der Waals surface area contributed by atoms with Crippen molar-refractivity contribution in [2.75, 3.05) is 50.0 Å². The summed E-state index contributed by atoms with van der Waals surface area (Å²) in [4.78, 5) is 83.7. The van der Waals surface area contributed by atoms with E-state index < -0.39 is 35.2 Å². The molecule has 436 valence electrons. The number of alkyl halides is 2. The van der Waals surface area contributed by atoms with Crippen LogP contribution in [0.15, 0.2) is 90.8 Å². The minimum absolute atomic E-state index is 0.0615. The van der Waals surface area contributed by atoms with E-state index in [4.69, 9.17) is 0 Å². The van der Waals surface area contributed by atoms with Crippen LogP contribution in [0.25, 0.3) is 10.4 Å². The van der Waals surface area contributed by atoms with Crippen molar-refractivity contribution in [3.05, 3.63) is 130 Å². The maximum atomic E-state index is 14.2. The zero-order valence-electron chi connectivity index (χ0n) is 48.2. The number of halogens is 2. The molecule has 1 aliphatic carbocycles. The fourth-order valence-electron chi connectivity index (χ4n) is 11.6. The first-order valence-corrected chi connectivity index (χ1v) is 31.8. The van der Waals surface area contributed by atoms with Gasteiger partial charge in [0.15, 0.2) is 6.29 Å². The molecule has 10 rings (SSSR count). The van der Waals surface area contributed by atoms with Gasteiger partial charge < -0.3 is 30.7 Å². The fraction of sp³-hybridized carbons (Fsp3) is 0.492. The van der Waals surface area contributed by atoms with Gasteiger partial charge in [0.1, 0.15) is 23.5 Å². The molecule has 3 aliphatic heterocycles. The molecule has 3 fully saturated rings. The third-order valence-corrected chi connectivity index (χ3v) is 17.5. The summed E-state index contributed by atoms with van der Waals surface area (Å²) in [6.07, 6.45) is 10.1. The van der Waals surface area contributed by atoms with Gasteiger partial charge in [0.2, 0.25) is 17.7 Å². The predicted molar refractivity (Wildman–Crippen MR) is 316 cm³/mol. The number of nitrogens with zero attached hydrogens (tertiary/aromatic N) is 8. The second-order valence-corrected chi connectivity index (χ2v) is 23.8. The van der Waals surface area contributed by atoms with Crippen molar-refractivity contribution in [3.8, 4) is 10.4 Å². The van der Waals surface area contributed by atoms with Crippen LogP contribution < -0.4 is 20.9 Å². The van der Waals surface area contributed by atoms with Crippen LogP contribution in [0.3, 0.4) is 0 Å². The van der Waals surface area contributed by atoms with Gasteiger partial charge in [-0.05, 0) is 92.5 Å². The number of thiazole rings is 1. The van der Waals surface area contributed by atoms with E-state index in [9.17, 15) is 32.8 Å². The Kier molecular flexibility index (Phi) is 20.4. The molecule has 6 aromatic rings. The number of amides is 4. The predicted octanol–water partition coefficient (Wildman–Crippen LogP) is 9.30. The summed E-state index contributed by atoms with van der Waals surface area (Å²) in [5.74, 6) is -3.49. The average molecular weight is 1250 g/mol. The van der Waals surface area contributed by atoms with Crippen LogP contribution in [-0.4, -0.2) is 150 Å². The first kappa shape index (κ1) is 61.5. The van der Waals surface area contributed by atoms with Crippen molar-refractivity contribution in [1.82, 2.24) is 50.4 Å². The Hall–Kier alpha value is -6.53. The molecule has 4 amide bonds. The molecule has 0 bridgehead atoms. The molecule has 7 heterocycles. The van der Waals surface area contributed by atoms with Gasteiger partial charge in [-0.3, -0.25) is 33.8 Å². The van der Waals surface area contributed by atoms with Crippen LogP contribution in [0.2, 0.25) is 4.87 Å². The SMILES string of the molecule is CCC1Cc2c(C=O)n[nH]c2CC1(F)F.CNc1cnn(C(c2ccccc2)C2CN(C(=O)CC3CCN(c4ccc(C(=O)NC(C(=O)N5CCCC5C(=O)NC(C)c5ccc(-c6scnc6C)cc5)C(C)(C)C)nc4)CC3)C2)c1.[CH3][Sb]. The Bertz CT molecular complexity index is 3110. The average Bonchev–Trinajstić information content (AvgIpc) is 4.43. The van der Waals surface area contributed by atoms with E-state index in [1.807, 2.05) is 106 Å². The quantitative estimate of drug-likeness (QED) is 0.0531. The van der Waals surface area contributed by atoms with E-state index in [2.05, 4.69) is 75.3 Å². The first-order chi connectivity index (χ1) is 39.3. The number of anilines is 2. The number of hydrogen-bond acceptors (Lipinski definition) is 12. The Morgan fingerprint density at radius 3 is 2.26 bits per heavy atom.